The molecular formula is C16H24N4O3. The number of likely N-dealkylation sites (N-methyl/N-ethyl adjacent to an activating group) is 1. The van der Waals surface area contributed by atoms with Crippen molar-refractivity contribution < 1.29 is 14.3 Å². The summed E-state index contributed by atoms with van der Waals surface area (Å²) in [6.07, 6.45) is 5.91. The molecular weight excluding hydrogens is 296 g/mol. The maximum Gasteiger partial charge on any atom is 0.410 e. The molecule has 0 N–H and O–H groups in total. The summed E-state index contributed by atoms with van der Waals surface area (Å²) in [6.45, 7) is 6.65. The fourth-order valence-corrected chi connectivity index (χ4v) is 2.59. The van der Waals surface area contributed by atoms with Crippen molar-refractivity contribution in [2.45, 2.75) is 45.3 Å². The molecule has 0 radical (unpaired) electrons. The van der Waals surface area contributed by atoms with Crippen LogP contribution in [0.4, 0.5) is 4.79 Å². The van der Waals surface area contributed by atoms with Gasteiger partial charge in [-0.05, 0) is 33.6 Å². The first-order valence-electron chi connectivity index (χ1n) is 7.79. The van der Waals surface area contributed by atoms with Gasteiger partial charge in [-0.25, -0.2) is 9.78 Å². The molecule has 0 bridgehead atoms. The Morgan fingerprint density at radius 1 is 1.39 bits per heavy atom. The third-order valence-corrected chi connectivity index (χ3v) is 3.62. The molecule has 2 amide bonds. The lowest BCUT2D eigenvalue weighted by atomic mass is 10.2. The van der Waals surface area contributed by atoms with Crippen molar-refractivity contribution in [1.82, 2.24) is 19.8 Å². The molecule has 1 saturated heterocycles. The van der Waals surface area contributed by atoms with Gasteiger partial charge in [-0.15, -0.1) is 0 Å². The van der Waals surface area contributed by atoms with Gasteiger partial charge in [0.1, 0.15) is 11.3 Å². The van der Waals surface area contributed by atoms with Crippen molar-refractivity contribution in [2.24, 2.45) is 0 Å². The Kier molecular flexibility index (Phi) is 5.18. The Morgan fingerprint density at radius 3 is 2.74 bits per heavy atom. The Balaban J connectivity index is 1.98. The highest BCUT2D eigenvalue weighted by molar-refractivity contribution is 5.91. The van der Waals surface area contributed by atoms with Crippen molar-refractivity contribution >= 4 is 12.0 Å². The number of likely N-dealkylation sites (tertiary alicyclic amines) is 1. The highest BCUT2D eigenvalue weighted by Crippen LogP contribution is 2.21. The first kappa shape index (κ1) is 17.2. The molecule has 7 nitrogen and oxygen atoms in total. The van der Waals surface area contributed by atoms with Gasteiger partial charge in [-0.3, -0.25) is 9.78 Å². The fourth-order valence-electron chi connectivity index (χ4n) is 2.59. The maximum atomic E-state index is 12.3. The number of rotatable bonds is 3. The molecule has 0 aromatic carbocycles. The normalized spacial score (nSPS) is 17.9. The first-order chi connectivity index (χ1) is 10.8. The summed E-state index contributed by atoms with van der Waals surface area (Å²) in [7, 11) is 1.71. The van der Waals surface area contributed by atoms with Gasteiger partial charge in [0.15, 0.2) is 0 Å². The van der Waals surface area contributed by atoms with Gasteiger partial charge in [-0.2, -0.15) is 0 Å². The van der Waals surface area contributed by atoms with Crippen LogP contribution < -0.4 is 0 Å². The smallest absolute Gasteiger partial charge is 0.410 e. The molecule has 0 unspecified atom stereocenters. The highest BCUT2D eigenvalue weighted by Gasteiger charge is 2.33. The summed E-state index contributed by atoms with van der Waals surface area (Å²) >= 11 is 0. The number of hydrogen-bond acceptors (Lipinski definition) is 5. The van der Waals surface area contributed by atoms with Gasteiger partial charge in [0.2, 0.25) is 0 Å². The molecule has 1 aliphatic heterocycles. The van der Waals surface area contributed by atoms with E-state index in [4.69, 9.17) is 4.74 Å². The average molecular weight is 320 g/mol. The van der Waals surface area contributed by atoms with Crippen LogP contribution in [-0.4, -0.2) is 63.5 Å². The number of amides is 2. The molecule has 1 aromatic heterocycles. The molecule has 1 atom stereocenters. The van der Waals surface area contributed by atoms with Crippen molar-refractivity contribution in [2.75, 3.05) is 20.1 Å². The second-order valence-corrected chi connectivity index (χ2v) is 6.75. The lowest BCUT2D eigenvalue weighted by Crippen LogP contribution is -2.45. The second kappa shape index (κ2) is 6.93. The van der Waals surface area contributed by atoms with Gasteiger partial charge in [0.05, 0.1) is 12.2 Å². The predicted octanol–water partition coefficient (Wildman–Crippen LogP) is 1.95. The lowest BCUT2D eigenvalue weighted by molar-refractivity contribution is 0.0199. The minimum atomic E-state index is -0.522. The quantitative estimate of drug-likeness (QED) is 0.851. The maximum absolute atomic E-state index is 12.3. The van der Waals surface area contributed by atoms with Crippen LogP contribution >= 0.6 is 0 Å². The second-order valence-electron chi connectivity index (χ2n) is 6.75. The molecule has 1 aromatic rings. The van der Waals surface area contributed by atoms with Crippen molar-refractivity contribution in [3.8, 4) is 0 Å². The molecule has 126 valence electrons. The summed E-state index contributed by atoms with van der Waals surface area (Å²) < 4.78 is 5.44. The van der Waals surface area contributed by atoms with Crippen LogP contribution in [0.25, 0.3) is 0 Å². The van der Waals surface area contributed by atoms with Crippen LogP contribution in [-0.2, 0) is 4.74 Å². The van der Waals surface area contributed by atoms with E-state index in [-0.39, 0.29) is 18.0 Å². The molecule has 0 saturated carbocycles. The number of carbonyl (C=O) groups excluding carboxylic acids is 2. The summed E-state index contributed by atoms with van der Waals surface area (Å²) in [4.78, 5) is 35.8. The summed E-state index contributed by atoms with van der Waals surface area (Å²) in [5.74, 6) is -0.200. The van der Waals surface area contributed by atoms with E-state index in [0.29, 0.717) is 18.8 Å². The van der Waals surface area contributed by atoms with E-state index in [1.54, 1.807) is 16.8 Å². The van der Waals surface area contributed by atoms with Crippen LogP contribution in [0, 0.1) is 0 Å². The van der Waals surface area contributed by atoms with Gasteiger partial charge >= 0.3 is 6.09 Å². The predicted molar refractivity (Wildman–Crippen MR) is 85.0 cm³/mol. The molecule has 1 fully saturated rings. The van der Waals surface area contributed by atoms with Crippen LogP contribution in [0.1, 0.15) is 44.1 Å². The Hall–Kier alpha value is -2.18. The molecule has 2 rings (SSSR count). The average Bonchev–Trinajstić information content (AvgIpc) is 2.94. The molecule has 0 aliphatic carbocycles. The first-order valence-corrected chi connectivity index (χ1v) is 7.79. The van der Waals surface area contributed by atoms with E-state index in [0.717, 1.165) is 12.8 Å². The Morgan fingerprint density at radius 2 is 2.13 bits per heavy atom. The third-order valence-electron chi connectivity index (χ3n) is 3.62. The van der Waals surface area contributed by atoms with Gasteiger partial charge in [0, 0.05) is 32.5 Å². The third kappa shape index (κ3) is 4.64. The monoisotopic (exact) mass is 320 g/mol. The molecule has 0 spiro atoms. The standard InChI is InChI=1S/C16H24N4O3/c1-16(2,3)23-15(22)20-9-5-6-12(20)11-19(4)14(21)13-10-17-7-8-18-13/h7-8,10,12H,5-6,9,11H2,1-4H3/t12-/m1/s1. The van der Waals surface area contributed by atoms with Crippen molar-refractivity contribution in [3.63, 3.8) is 0 Å². The zero-order valence-electron chi connectivity index (χ0n) is 14.2. The van der Waals surface area contributed by atoms with E-state index < -0.39 is 5.60 Å². The van der Waals surface area contributed by atoms with Crippen molar-refractivity contribution in [3.05, 3.63) is 24.3 Å². The largest absolute Gasteiger partial charge is 0.444 e. The van der Waals surface area contributed by atoms with Crippen LogP contribution in [0.5, 0.6) is 0 Å². The zero-order chi connectivity index (χ0) is 17.0. The lowest BCUT2D eigenvalue weighted by Gasteiger charge is -2.30. The van der Waals surface area contributed by atoms with E-state index in [9.17, 15) is 9.59 Å². The van der Waals surface area contributed by atoms with E-state index in [1.807, 2.05) is 20.8 Å². The number of nitrogens with zero attached hydrogens (tertiary/aromatic N) is 4. The number of carbonyl (C=O) groups is 2. The highest BCUT2D eigenvalue weighted by atomic mass is 16.6. The van der Waals surface area contributed by atoms with Crippen LogP contribution in [0.2, 0.25) is 0 Å². The zero-order valence-corrected chi connectivity index (χ0v) is 14.2. The number of aromatic nitrogens is 2. The summed E-state index contributed by atoms with van der Waals surface area (Å²) in [6, 6.07) is -0.0320. The molecule has 23 heavy (non-hydrogen) atoms. The topological polar surface area (TPSA) is 75.6 Å². The van der Waals surface area contributed by atoms with Gasteiger partial charge < -0.3 is 14.5 Å². The summed E-state index contributed by atoms with van der Waals surface area (Å²) in [5.41, 5.74) is -0.220. The number of hydrogen-bond donors (Lipinski definition) is 0. The van der Waals surface area contributed by atoms with Crippen LogP contribution in [0.15, 0.2) is 18.6 Å². The van der Waals surface area contributed by atoms with E-state index in [2.05, 4.69) is 9.97 Å². The Bertz CT molecular complexity index is 556. The molecule has 1 aliphatic rings. The molecule has 7 heteroatoms. The molecule has 2 heterocycles. The van der Waals surface area contributed by atoms with Gasteiger partial charge in [0.25, 0.3) is 5.91 Å². The van der Waals surface area contributed by atoms with E-state index >= 15 is 0 Å². The Labute approximate surface area is 136 Å². The minimum absolute atomic E-state index is 0.0320. The fraction of sp³-hybridized carbons (Fsp3) is 0.625. The van der Waals surface area contributed by atoms with E-state index in [1.165, 1.54) is 18.6 Å². The summed E-state index contributed by atoms with van der Waals surface area (Å²) in [5, 5.41) is 0. The SMILES string of the molecule is CN(C[C@H]1CCCN1C(=O)OC(C)(C)C)C(=O)c1cnccn1. The minimum Gasteiger partial charge on any atom is -0.444 e. The van der Waals surface area contributed by atoms with Crippen molar-refractivity contribution in [1.29, 1.82) is 0 Å². The van der Waals surface area contributed by atoms with Crippen LogP contribution in [0.3, 0.4) is 0 Å². The number of ether oxygens (including phenoxy) is 1. The van der Waals surface area contributed by atoms with Gasteiger partial charge in [-0.1, -0.05) is 0 Å².